The first-order chi connectivity index (χ1) is 15.0. The Balaban J connectivity index is 1.44. The molecule has 2 heterocycles. The lowest BCUT2D eigenvalue weighted by Gasteiger charge is -2.29. The number of halogens is 1. The third-order valence-electron chi connectivity index (χ3n) is 6.58. The van der Waals surface area contributed by atoms with Crippen molar-refractivity contribution in [2.75, 3.05) is 7.11 Å². The van der Waals surface area contributed by atoms with Crippen LogP contribution in [-0.4, -0.2) is 24.7 Å². The fourth-order valence-electron chi connectivity index (χ4n) is 5.10. The van der Waals surface area contributed by atoms with Crippen molar-refractivity contribution < 1.29 is 4.74 Å². The maximum Gasteiger partial charge on any atom is 0.122 e. The van der Waals surface area contributed by atoms with E-state index in [0.29, 0.717) is 5.41 Å². The number of hydrogen-bond donors (Lipinski definition) is 0. The van der Waals surface area contributed by atoms with Gasteiger partial charge in [0.05, 0.1) is 28.3 Å². The van der Waals surface area contributed by atoms with Gasteiger partial charge in [-0.2, -0.15) is 10.2 Å². The van der Waals surface area contributed by atoms with Crippen molar-refractivity contribution in [1.82, 2.24) is 0 Å². The number of nitrogens with zero attached hydrogens (tertiary/aromatic N) is 3. The molecular weight excluding hydrogens is 497 g/mol. The molecule has 0 N–H and O–H groups in total. The first-order valence-electron chi connectivity index (χ1n) is 11.1. The number of ether oxygens (including phenoxy) is 1. The van der Waals surface area contributed by atoms with Gasteiger partial charge in [-0.05, 0) is 101 Å². The van der Waals surface area contributed by atoms with Crippen LogP contribution >= 0.6 is 22.6 Å². The third-order valence-corrected chi connectivity index (χ3v) is 7.48. The van der Waals surface area contributed by atoms with Crippen LogP contribution in [-0.2, 0) is 12.8 Å². The van der Waals surface area contributed by atoms with Crippen molar-refractivity contribution in [1.29, 1.82) is 0 Å². The molecule has 1 atom stereocenters. The zero-order chi connectivity index (χ0) is 21.8. The third kappa shape index (κ3) is 4.92. The average Bonchev–Trinajstić information content (AvgIpc) is 3.14. The van der Waals surface area contributed by atoms with Crippen molar-refractivity contribution in [2.24, 2.45) is 20.6 Å². The van der Waals surface area contributed by atoms with Crippen LogP contribution < -0.4 is 4.74 Å². The SMILES string of the molecule is C=C(CCCC1(CCC)Cc2cccc(OC)c2C1)C1=NC=C(I)C2=NN=CC(=C1)C2. The minimum Gasteiger partial charge on any atom is -0.496 e. The maximum atomic E-state index is 5.65. The molecule has 0 amide bonds. The summed E-state index contributed by atoms with van der Waals surface area (Å²) in [7, 11) is 1.78. The summed E-state index contributed by atoms with van der Waals surface area (Å²) >= 11 is 2.29. The highest BCUT2D eigenvalue weighted by Gasteiger charge is 2.37. The molecule has 3 aliphatic rings. The second-order valence-corrected chi connectivity index (χ2v) is 10.00. The summed E-state index contributed by atoms with van der Waals surface area (Å²) in [4.78, 5) is 4.72. The van der Waals surface area contributed by atoms with Crippen LogP contribution in [0.1, 0.15) is 56.6 Å². The van der Waals surface area contributed by atoms with Crippen molar-refractivity contribution in [3.05, 3.63) is 62.9 Å². The van der Waals surface area contributed by atoms with E-state index in [1.165, 1.54) is 30.4 Å². The van der Waals surface area contributed by atoms with E-state index in [1.54, 1.807) is 7.11 Å². The highest BCUT2D eigenvalue weighted by molar-refractivity contribution is 14.1. The average molecular weight is 527 g/mol. The highest BCUT2D eigenvalue weighted by Crippen LogP contribution is 2.47. The normalized spacial score (nSPS) is 21.9. The van der Waals surface area contributed by atoms with Crippen LogP contribution in [0.3, 0.4) is 0 Å². The summed E-state index contributed by atoms with van der Waals surface area (Å²) in [6.07, 6.45) is 14.7. The van der Waals surface area contributed by atoms with Gasteiger partial charge in [0.25, 0.3) is 0 Å². The molecule has 5 heteroatoms. The molecule has 0 saturated carbocycles. The van der Waals surface area contributed by atoms with E-state index in [2.05, 4.69) is 70.6 Å². The monoisotopic (exact) mass is 527 g/mol. The van der Waals surface area contributed by atoms with Gasteiger partial charge in [0.2, 0.25) is 0 Å². The molecule has 4 nitrogen and oxygen atoms in total. The first kappa shape index (κ1) is 22.2. The molecule has 0 fully saturated rings. The Morgan fingerprint density at radius 1 is 1.26 bits per heavy atom. The van der Waals surface area contributed by atoms with E-state index >= 15 is 0 Å². The van der Waals surface area contributed by atoms with Gasteiger partial charge in [-0.25, -0.2) is 0 Å². The van der Waals surface area contributed by atoms with Crippen LogP contribution in [0.4, 0.5) is 0 Å². The van der Waals surface area contributed by atoms with Gasteiger partial charge in [0, 0.05) is 12.6 Å². The zero-order valence-electron chi connectivity index (χ0n) is 18.5. The molecule has 0 spiro atoms. The molecule has 1 aromatic carbocycles. The summed E-state index contributed by atoms with van der Waals surface area (Å²) in [5.41, 5.74) is 7.43. The topological polar surface area (TPSA) is 46.3 Å². The Labute approximate surface area is 199 Å². The Morgan fingerprint density at radius 3 is 2.94 bits per heavy atom. The summed E-state index contributed by atoms with van der Waals surface area (Å²) < 4.78 is 6.70. The van der Waals surface area contributed by atoms with E-state index in [0.717, 1.165) is 64.0 Å². The van der Waals surface area contributed by atoms with Gasteiger partial charge in [-0.3, -0.25) is 4.99 Å². The molecule has 0 saturated heterocycles. The highest BCUT2D eigenvalue weighted by atomic mass is 127. The fraction of sp³-hybridized carbons (Fsp3) is 0.423. The van der Waals surface area contributed by atoms with Gasteiger partial charge in [0.15, 0.2) is 0 Å². The lowest BCUT2D eigenvalue weighted by atomic mass is 9.76. The summed E-state index contributed by atoms with van der Waals surface area (Å²) in [5.74, 6) is 1.05. The van der Waals surface area contributed by atoms with E-state index in [-0.39, 0.29) is 0 Å². The van der Waals surface area contributed by atoms with Gasteiger partial charge < -0.3 is 4.74 Å². The summed E-state index contributed by atoms with van der Waals surface area (Å²) in [6, 6.07) is 6.50. The molecular formula is C26H30IN3O. The standard InChI is InChI=1S/C26H30IN3O/c1-4-10-26(14-20-8-5-9-25(31-3)21(20)15-26)11-6-7-18(2)23-12-19-13-24(30-29-16-19)22(27)17-28-23/h5,8-9,12,16-17H,2,4,6-7,10-11,13-15H2,1,3H3. The van der Waals surface area contributed by atoms with Crippen LogP contribution in [0.25, 0.3) is 0 Å². The van der Waals surface area contributed by atoms with E-state index in [1.807, 2.05) is 12.4 Å². The minimum absolute atomic E-state index is 0.337. The summed E-state index contributed by atoms with van der Waals surface area (Å²) in [5, 5.41) is 8.36. The largest absolute Gasteiger partial charge is 0.496 e. The van der Waals surface area contributed by atoms with E-state index < -0.39 is 0 Å². The van der Waals surface area contributed by atoms with Gasteiger partial charge in [0.1, 0.15) is 5.75 Å². The molecule has 0 radical (unpaired) electrons. The van der Waals surface area contributed by atoms with Gasteiger partial charge in [-0.15, -0.1) is 0 Å². The fourth-order valence-corrected chi connectivity index (χ4v) is 5.54. The van der Waals surface area contributed by atoms with Crippen molar-refractivity contribution >= 4 is 40.2 Å². The quantitative estimate of drug-likeness (QED) is 0.343. The van der Waals surface area contributed by atoms with Crippen LogP contribution in [0.5, 0.6) is 5.75 Å². The first-order valence-corrected chi connectivity index (χ1v) is 12.2. The molecule has 1 aromatic rings. The molecule has 4 rings (SSSR count). The lowest BCUT2D eigenvalue weighted by molar-refractivity contribution is 0.245. The Morgan fingerprint density at radius 2 is 2.13 bits per heavy atom. The molecule has 162 valence electrons. The van der Waals surface area contributed by atoms with Crippen molar-refractivity contribution in [3.8, 4) is 5.75 Å². The molecule has 2 aliphatic heterocycles. The molecule has 1 aliphatic carbocycles. The number of methoxy groups -OCH3 is 1. The number of allylic oxidation sites excluding steroid dienone is 4. The van der Waals surface area contributed by atoms with Crippen LogP contribution in [0.2, 0.25) is 0 Å². The zero-order valence-corrected chi connectivity index (χ0v) is 20.6. The molecule has 2 bridgehead atoms. The Hall–Kier alpha value is -2.02. The molecule has 31 heavy (non-hydrogen) atoms. The maximum absolute atomic E-state index is 5.65. The Kier molecular flexibility index (Phi) is 6.89. The van der Waals surface area contributed by atoms with Gasteiger partial charge in [-0.1, -0.05) is 32.1 Å². The van der Waals surface area contributed by atoms with Crippen LogP contribution in [0.15, 0.2) is 67.0 Å². The molecule has 0 aromatic heterocycles. The number of benzene rings is 1. The number of aliphatic imine (C=N–C) groups is 1. The van der Waals surface area contributed by atoms with Gasteiger partial charge >= 0.3 is 0 Å². The van der Waals surface area contributed by atoms with Crippen molar-refractivity contribution in [2.45, 2.75) is 58.3 Å². The van der Waals surface area contributed by atoms with Crippen molar-refractivity contribution in [3.63, 3.8) is 0 Å². The number of fused-ring (bicyclic) bond motifs is 3. The van der Waals surface area contributed by atoms with E-state index in [4.69, 9.17) is 9.73 Å². The Bertz CT molecular complexity index is 1030. The predicted molar refractivity (Wildman–Crippen MR) is 139 cm³/mol. The summed E-state index contributed by atoms with van der Waals surface area (Å²) in [6.45, 7) is 6.68. The second kappa shape index (κ2) is 9.63. The lowest BCUT2D eigenvalue weighted by Crippen LogP contribution is -2.21. The second-order valence-electron chi connectivity index (χ2n) is 8.84. The smallest absolute Gasteiger partial charge is 0.122 e. The number of hydrogen-bond acceptors (Lipinski definition) is 4. The number of rotatable bonds is 8. The predicted octanol–water partition coefficient (Wildman–Crippen LogP) is 6.79. The minimum atomic E-state index is 0.337. The van der Waals surface area contributed by atoms with E-state index in [9.17, 15) is 0 Å². The molecule has 1 unspecified atom stereocenters. The van der Waals surface area contributed by atoms with Crippen LogP contribution in [0, 0.1) is 5.41 Å².